The maximum Gasteiger partial charge on any atom is 0.126 e. The zero-order valence-corrected chi connectivity index (χ0v) is 6.50. The van der Waals surface area contributed by atoms with Crippen LogP contribution in [0.2, 0.25) is 0 Å². The van der Waals surface area contributed by atoms with Gasteiger partial charge in [-0.25, -0.2) is 4.39 Å². The van der Waals surface area contributed by atoms with E-state index in [1.807, 2.05) is 0 Å². The van der Waals surface area contributed by atoms with Crippen molar-refractivity contribution in [2.75, 3.05) is 0 Å². The van der Waals surface area contributed by atoms with Crippen molar-refractivity contribution in [2.45, 2.75) is 6.42 Å². The molecule has 0 aliphatic rings. The molecule has 3 nitrogen and oxygen atoms in total. The Kier molecular flexibility index (Phi) is 2.63. The van der Waals surface area contributed by atoms with Crippen LogP contribution >= 0.6 is 0 Å². The summed E-state index contributed by atoms with van der Waals surface area (Å²) < 4.78 is 12.9. The summed E-state index contributed by atoms with van der Waals surface area (Å²) in [4.78, 5) is 0. The number of amidine groups is 1. The van der Waals surface area contributed by atoms with Crippen LogP contribution in [0.15, 0.2) is 29.4 Å². The van der Waals surface area contributed by atoms with Gasteiger partial charge in [-0.05, 0) is 11.6 Å². The van der Waals surface area contributed by atoms with Crippen molar-refractivity contribution in [1.82, 2.24) is 0 Å². The predicted octanol–water partition coefficient (Wildman–Crippen LogP) is 0.599. The van der Waals surface area contributed by atoms with Gasteiger partial charge in [-0.1, -0.05) is 18.2 Å². The average molecular weight is 167 g/mol. The minimum atomic E-state index is -0.288. The molecule has 1 rings (SSSR count). The largest absolute Gasteiger partial charge is 0.385 e. The minimum absolute atomic E-state index is 0.222. The van der Waals surface area contributed by atoms with Crippen molar-refractivity contribution < 1.29 is 4.39 Å². The third-order valence-electron chi connectivity index (χ3n) is 1.50. The first-order valence-corrected chi connectivity index (χ1v) is 3.49. The molecule has 0 unspecified atom stereocenters. The molecule has 0 aliphatic carbocycles. The van der Waals surface area contributed by atoms with Crippen molar-refractivity contribution in [3.8, 4) is 0 Å². The predicted molar refractivity (Wildman–Crippen MR) is 45.9 cm³/mol. The van der Waals surface area contributed by atoms with E-state index in [1.165, 1.54) is 6.07 Å². The molecule has 0 spiro atoms. The summed E-state index contributed by atoms with van der Waals surface area (Å²) in [7, 11) is 0. The average Bonchev–Trinajstić information content (AvgIpc) is 2.09. The lowest BCUT2D eigenvalue weighted by Crippen LogP contribution is -2.17. The van der Waals surface area contributed by atoms with Crippen LogP contribution < -0.4 is 11.6 Å². The minimum Gasteiger partial charge on any atom is -0.385 e. The molecule has 0 fully saturated rings. The maximum absolute atomic E-state index is 12.9. The van der Waals surface area contributed by atoms with Crippen LogP contribution in [0.5, 0.6) is 0 Å². The van der Waals surface area contributed by atoms with Gasteiger partial charge in [-0.15, -0.1) is 0 Å². The lowest BCUT2D eigenvalue weighted by Gasteiger charge is -2.00. The fourth-order valence-electron chi connectivity index (χ4n) is 0.883. The van der Waals surface area contributed by atoms with E-state index in [4.69, 9.17) is 11.6 Å². The first-order chi connectivity index (χ1) is 5.74. The fourth-order valence-corrected chi connectivity index (χ4v) is 0.883. The molecule has 4 heteroatoms. The Morgan fingerprint density at radius 2 is 2.08 bits per heavy atom. The van der Waals surface area contributed by atoms with E-state index in [2.05, 4.69) is 5.10 Å². The van der Waals surface area contributed by atoms with Gasteiger partial charge >= 0.3 is 0 Å². The van der Waals surface area contributed by atoms with Gasteiger partial charge in [0, 0.05) is 6.42 Å². The molecule has 0 aliphatic heterocycles. The molecule has 1 aromatic rings. The molecule has 12 heavy (non-hydrogen) atoms. The molecular weight excluding hydrogens is 157 g/mol. The van der Waals surface area contributed by atoms with Crippen molar-refractivity contribution >= 4 is 5.84 Å². The van der Waals surface area contributed by atoms with Crippen LogP contribution in [-0.4, -0.2) is 5.84 Å². The van der Waals surface area contributed by atoms with Gasteiger partial charge in [-0.3, -0.25) is 0 Å². The topological polar surface area (TPSA) is 64.4 Å². The highest BCUT2D eigenvalue weighted by atomic mass is 19.1. The number of hydrogen-bond acceptors (Lipinski definition) is 2. The number of halogens is 1. The molecule has 0 bridgehead atoms. The number of rotatable bonds is 2. The molecule has 0 saturated heterocycles. The summed E-state index contributed by atoms with van der Waals surface area (Å²) in [6, 6.07) is 6.38. The van der Waals surface area contributed by atoms with Gasteiger partial charge in [0.25, 0.3) is 0 Å². The Hall–Kier alpha value is -1.58. The van der Waals surface area contributed by atoms with E-state index < -0.39 is 0 Å². The van der Waals surface area contributed by atoms with Crippen LogP contribution in [0.25, 0.3) is 0 Å². The highest BCUT2D eigenvalue weighted by molar-refractivity contribution is 5.82. The second-order valence-corrected chi connectivity index (χ2v) is 2.39. The fraction of sp³-hybridized carbons (Fsp3) is 0.125. The summed E-state index contributed by atoms with van der Waals surface area (Å²) >= 11 is 0. The molecule has 0 amide bonds. The zero-order valence-electron chi connectivity index (χ0n) is 6.50. The highest BCUT2D eigenvalue weighted by Crippen LogP contribution is 2.06. The van der Waals surface area contributed by atoms with E-state index in [9.17, 15) is 4.39 Å². The highest BCUT2D eigenvalue weighted by Gasteiger charge is 2.01. The van der Waals surface area contributed by atoms with Gasteiger partial charge in [-0.2, -0.15) is 5.10 Å². The van der Waals surface area contributed by atoms with Crippen LogP contribution in [0.4, 0.5) is 4.39 Å². The second kappa shape index (κ2) is 3.71. The van der Waals surface area contributed by atoms with Gasteiger partial charge in [0.15, 0.2) is 0 Å². The number of benzene rings is 1. The Labute approximate surface area is 69.9 Å². The van der Waals surface area contributed by atoms with Gasteiger partial charge in [0.05, 0.1) is 0 Å². The van der Waals surface area contributed by atoms with E-state index in [-0.39, 0.29) is 18.1 Å². The van der Waals surface area contributed by atoms with Crippen molar-refractivity contribution in [1.29, 1.82) is 0 Å². The molecular formula is C8H10FN3. The first kappa shape index (κ1) is 8.52. The number of hydrazone groups is 1. The summed E-state index contributed by atoms with van der Waals surface area (Å²) in [5.74, 6) is 4.84. The van der Waals surface area contributed by atoms with Crippen LogP contribution in [0.1, 0.15) is 5.56 Å². The van der Waals surface area contributed by atoms with Crippen LogP contribution in [-0.2, 0) is 6.42 Å². The quantitative estimate of drug-likeness (QED) is 0.293. The summed E-state index contributed by atoms with van der Waals surface area (Å²) in [6.07, 6.45) is 0.253. The molecule has 0 radical (unpaired) electrons. The molecule has 0 heterocycles. The summed E-state index contributed by atoms with van der Waals surface area (Å²) in [5, 5.41) is 3.25. The lowest BCUT2D eigenvalue weighted by atomic mass is 10.1. The first-order valence-electron chi connectivity index (χ1n) is 3.49. The standard InChI is InChI=1S/C8H10FN3/c9-7-4-2-1-3-6(7)5-8(10)12-11/h1-4H,5,11H2,(H2,10,12). The Morgan fingerprint density at radius 1 is 1.42 bits per heavy atom. The maximum atomic E-state index is 12.9. The third kappa shape index (κ3) is 1.95. The van der Waals surface area contributed by atoms with Gasteiger partial charge in [0.1, 0.15) is 11.7 Å². The zero-order chi connectivity index (χ0) is 8.97. The van der Waals surface area contributed by atoms with Crippen molar-refractivity contribution in [2.24, 2.45) is 16.7 Å². The van der Waals surface area contributed by atoms with E-state index in [1.54, 1.807) is 18.2 Å². The van der Waals surface area contributed by atoms with Gasteiger partial charge < -0.3 is 11.6 Å². The lowest BCUT2D eigenvalue weighted by molar-refractivity contribution is 0.616. The number of nitrogens with zero attached hydrogens (tertiary/aromatic N) is 1. The molecule has 1 aromatic carbocycles. The smallest absolute Gasteiger partial charge is 0.126 e. The Morgan fingerprint density at radius 3 is 2.67 bits per heavy atom. The molecule has 4 N–H and O–H groups in total. The summed E-state index contributed by atoms with van der Waals surface area (Å²) in [6.45, 7) is 0. The van der Waals surface area contributed by atoms with Crippen molar-refractivity contribution in [3.63, 3.8) is 0 Å². The SMILES string of the molecule is N/N=C(/N)Cc1ccccc1F. The van der Waals surface area contributed by atoms with Crippen molar-refractivity contribution in [3.05, 3.63) is 35.6 Å². The van der Waals surface area contributed by atoms with E-state index in [0.29, 0.717) is 5.56 Å². The normalized spacial score (nSPS) is 11.6. The number of nitrogens with two attached hydrogens (primary N) is 2. The molecule has 64 valence electrons. The Balaban J connectivity index is 2.82. The second-order valence-electron chi connectivity index (χ2n) is 2.39. The Bertz CT molecular complexity index is 296. The van der Waals surface area contributed by atoms with Crippen LogP contribution in [0, 0.1) is 5.82 Å². The summed E-state index contributed by atoms with van der Waals surface area (Å²) in [5.41, 5.74) is 5.84. The van der Waals surface area contributed by atoms with Gasteiger partial charge in [0.2, 0.25) is 0 Å². The van der Waals surface area contributed by atoms with E-state index in [0.717, 1.165) is 0 Å². The molecule has 0 aromatic heterocycles. The molecule has 0 saturated carbocycles. The number of hydrogen-bond donors (Lipinski definition) is 2. The van der Waals surface area contributed by atoms with E-state index >= 15 is 0 Å². The third-order valence-corrected chi connectivity index (χ3v) is 1.50. The monoisotopic (exact) mass is 167 g/mol. The van der Waals surface area contributed by atoms with Crippen LogP contribution in [0.3, 0.4) is 0 Å². The molecule has 0 atom stereocenters.